The van der Waals surface area contributed by atoms with Crippen molar-refractivity contribution in [2.45, 2.75) is 32.1 Å². The van der Waals surface area contributed by atoms with Crippen molar-refractivity contribution >= 4 is 34.0 Å². The van der Waals surface area contributed by atoms with Gasteiger partial charge in [0, 0.05) is 44.7 Å². The monoisotopic (exact) mass is 680 g/mol. The van der Waals surface area contributed by atoms with Crippen LogP contribution in [0.15, 0.2) is 176 Å². The normalized spacial score (nSPS) is 13.8. The van der Waals surface area contributed by atoms with E-state index in [4.69, 9.17) is 0 Å². The van der Waals surface area contributed by atoms with Crippen molar-refractivity contribution < 1.29 is 0 Å². The molecule has 254 valence electrons. The summed E-state index contributed by atoms with van der Waals surface area (Å²) in [6, 6.07) is 62.4. The van der Waals surface area contributed by atoms with Gasteiger partial charge in [-0.05, 0) is 100 Å². The smallest absolute Gasteiger partial charge is 0.0540 e. The average Bonchev–Trinajstić information content (AvgIpc) is 3.68. The summed E-state index contributed by atoms with van der Waals surface area (Å²) in [7, 11) is 0. The highest BCUT2D eigenvalue weighted by Gasteiger charge is 2.37. The summed E-state index contributed by atoms with van der Waals surface area (Å²) in [5.74, 6) is 0. The number of aromatic nitrogens is 1. The fraction of sp³-hybridized carbons (Fsp3) is 0.0980. The summed E-state index contributed by atoms with van der Waals surface area (Å²) in [4.78, 5) is 2.44. The van der Waals surface area contributed by atoms with E-state index in [-0.39, 0.29) is 5.41 Å². The Morgan fingerprint density at radius 3 is 1.96 bits per heavy atom. The number of nitrogens with zero attached hydrogens (tertiary/aromatic N) is 2. The van der Waals surface area contributed by atoms with Crippen molar-refractivity contribution in [3.05, 3.63) is 198 Å². The van der Waals surface area contributed by atoms with Crippen molar-refractivity contribution in [3.63, 3.8) is 0 Å². The molecule has 0 unspecified atom stereocenters. The van der Waals surface area contributed by atoms with Crippen LogP contribution in [0.1, 0.15) is 42.7 Å². The van der Waals surface area contributed by atoms with Crippen LogP contribution in [0.5, 0.6) is 0 Å². The summed E-state index contributed by atoms with van der Waals surface area (Å²) in [6.45, 7) is 4.72. The Balaban J connectivity index is 1.15. The molecule has 1 heterocycles. The standard InChI is InChI=1S/C51H40N2/c1-51(2)45-22-10-6-20-44(45)50-43(21-14-23-46(50)51)42-19-9-11-24-47(42)52(37-29-27-36(28-30-37)35-15-4-3-5-16-35)38-31-33-39(34-32-38)53-48-25-12-7-17-40(48)41-18-8-13-26-49(41)53/h3-12,14-25,27-34H,13,26H2,1-2H3. The Hall–Kier alpha value is -6.38. The first kappa shape index (κ1) is 31.4. The van der Waals surface area contributed by atoms with E-state index in [1.165, 1.54) is 72.4 Å². The summed E-state index contributed by atoms with van der Waals surface area (Å²) >= 11 is 0. The third-order valence-electron chi connectivity index (χ3n) is 11.5. The van der Waals surface area contributed by atoms with Crippen molar-refractivity contribution in [2.24, 2.45) is 0 Å². The van der Waals surface area contributed by atoms with Crippen LogP contribution in [0.4, 0.5) is 17.1 Å². The minimum atomic E-state index is -0.0721. The highest BCUT2D eigenvalue weighted by molar-refractivity contribution is 5.98. The lowest BCUT2D eigenvalue weighted by molar-refractivity contribution is 0.660. The number of anilines is 3. The minimum Gasteiger partial charge on any atom is -0.313 e. The molecule has 8 aromatic rings. The first-order valence-corrected chi connectivity index (χ1v) is 18.8. The van der Waals surface area contributed by atoms with Crippen molar-refractivity contribution in [1.29, 1.82) is 0 Å². The van der Waals surface area contributed by atoms with Crippen LogP contribution < -0.4 is 4.90 Å². The largest absolute Gasteiger partial charge is 0.313 e. The molecule has 0 saturated carbocycles. The first-order valence-electron chi connectivity index (χ1n) is 18.8. The molecule has 0 fully saturated rings. The van der Waals surface area contributed by atoms with Crippen LogP contribution in [0, 0.1) is 0 Å². The topological polar surface area (TPSA) is 8.17 Å². The highest BCUT2D eigenvalue weighted by atomic mass is 15.1. The quantitative estimate of drug-likeness (QED) is 0.170. The van der Waals surface area contributed by atoms with Gasteiger partial charge in [0.05, 0.1) is 11.2 Å². The molecule has 53 heavy (non-hydrogen) atoms. The number of benzene rings is 7. The Kier molecular flexibility index (Phi) is 7.33. The van der Waals surface area contributed by atoms with Crippen LogP contribution in [0.3, 0.4) is 0 Å². The number of allylic oxidation sites excluding steroid dienone is 1. The number of fused-ring (bicyclic) bond motifs is 6. The summed E-state index contributed by atoms with van der Waals surface area (Å²) in [5.41, 5.74) is 18.8. The maximum Gasteiger partial charge on any atom is 0.0540 e. The Labute approximate surface area is 311 Å². The van der Waals surface area contributed by atoms with Gasteiger partial charge in [0.2, 0.25) is 0 Å². The number of hydrogen-bond donors (Lipinski definition) is 0. The Morgan fingerprint density at radius 2 is 1.15 bits per heavy atom. The van der Waals surface area contributed by atoms with Crippen LogP contribution >= 0.6 is 0 Å². The lowest BCUT2D eigenvalue weighted by Crippen LogP contribution is -2.15. The van der Waals surface area contributed by atoms with Crippen molar-refractivity contribution in [3.8, 4) is 39.1 Å². The first-order chi connectivity index (χ1) is 26.1. The van der Waals surface area contributed by atoms with Crippen molar-refractivity contribution in [1.82, 2.24) is 4.57 Å². The Morgan fingerprint density at radius 1 is 0.528 bits per heavy atom. The molecule has 0 N–H and O–H groups in total. The number of hydrogen-bond acceptors (Lipinski definition) is 1. The van der Waals surface area contributed by atoms with E-state index in [9.17, 15) is 0 Å². The van der Waals surface area contributed by atoms with Gasteiger partial charge in [-0.25, -0.2) is 0 Å². The maximum atomic E-state index is 2.47. The molecule has 0 aliphatic heterocycles. The zero-order valence-corrected chi connectivity index (χ0v) is 30.1. The van der Waals surface area contributed by atoms with Crippen LogP contribution in [-0.2, 0) is 11.8 Å². The molecule has 0 atom stereocenters. The van der Waals surface area contributed by atoms with E-state index in [0.29, 0.717) is 0 Å². The molecule has 2 aliphatic rings. The van der Waals surface area contributed by atoms with E-state index < -0.39 is 0 Å². The van der Waals surface area contributed by atoms with E-state index in [1.807, 2.05) is 0 Å². The maximum absolute atomic E-state index is 2.47. The zero-order valence-electron chi connectivity index (χ0n) is 30.1. The Bertz CT molecular complexity index is 2670. The van der Waals surface area contributed by atoms with Gasteiger partial charge in [0.1, 0.15) is 0 Å². The van der Waals surface area contributed by atoms with Crippen LogP contribution in [-0.4, -0.2) is 4.57 Å². The molecule has 0 amide bonds. The predicted molar refractivity (Wildman–Crippen MR) is 224 cm³/mol. The summed E-state index contributed by atoms with van der Waals surface area (Å²) < 4.78 is 2.47. The summed E-state index contributed by atoms with van der Waals surface area (Å²) in [6.07, 6.45) is 6.72. The number of para-hydroxylation sites is 2. The SMILES string of the molecule is CC1(C)c2ccccc2-c2c(-c3ccccc3N(c3ccc(-c4ccccc4)cc3)c3ccc(-n4c5c(c6ccccc64)C=CCC5)cc3)cccc21. The summed E-state index contributed by atoms with van der Waals surface area (Å²) in [5, 5.41) is 1.32. The third kappa shape index (κ3) is 5.01. The van der Waals surface area contributed by atoms with Gasteiger partial charge in [0.25, 0.3) is 0 Å². The highest BCUT2D eigenvalue weighted by Crippen LogP contribution is 2.53. The van der Waals surface area contributed by atoms with Crippen molar-refractivity contribution in [2.75, 3.05) is 4.90 Å². The lowest BCUT2D eigenvalue weighted by Gasteiger charge is -2.29. The zero-order chi connectivity index (χ0) is 35.5. The molecule has 2 heteroatoms. The third-order valence-corrected chi connectivity index (χ3v) is 11.5. The lowest BCUT2D eigenvalue weighted by atomic mass is 9.82. The molecule has 1 aromatic heterocycles. The molecule has 0 bridgehead atoms. The molecular weight excluding hydrogens is 641 g/mol. The van der Waals surface area contributed by atoms with E-state index in [2.05, 4.69) is 205 Å². The molecular formula is C51H40N2. The second-order valence-corrected chi connectivity index (χ2v) is 14.8. The molecule has 0 saturated heterocycles. The molecule has 7 aromatic carbocycles. The van der Waals surface area contributed by atoms with Gasteiger partial charge in [0.15, 0.2) is 0 Å². The second kappa shape index (κ2) is 12.4. The van der Waals surface area contributed by atoms with E-state index in [1.54, 1.807) is 0 Å². The molecule has 0 radical (unpaired) electrons. The average molecular weight is 681 g/mol. The van der Waals surface area contributed by atoms with Gasteiger partial charge in [-0.1, -0.05) is 147 Å². The van der Waals surface area contributed by atoms with Gasteiger partial charge < -0.3 is 9.47 Å². The molecule has 0 spiro atoms. The molecule has 2 nitrogen and oxygen atoms in total. The predicted octanol–water partition coefficient (Wildman–Crippen LogP) is 13.7. The molecule has 10 rings (SSSR count). The molecule has 2 aliphatic carbocycles. The van der Waals surface area contributed by atoms with E-state index >= 15 is 0 Å². The second-order valence-electron chi connectivity index (χ2n) is 14.8. The number of rotatable bonds is 6. The fourth-order valence-electron chi connectivity index (χ4n) is 8.95. The fourth-order valence-corrected chi connectivity index (χ4v) is 8.95. The van der Waals surface area contributed by atoms with Gasteiger partial charge >= 0.3 is 0 Å². The van der Waals surface area contributed by atoms with Gasteiger partial charge in [-0.2, -0.15) is 0 Å². The van der Waals surface area contributed by atoms with Crippen LogP contribution in [0.25, 0.3) is 56.0 Å². The van der Waals surface area contributed by atoms with E-state index in [0.717, 1.165) is 29.9 Å². The van der Waals surface area contributed by atoms with Gasteiger partial charge in [-0.3, -0.25) is 0 Å². The van der Waals surface area contributed by atoms with Gasteiger partial charge in [-0.15, -0.1) is 0 Å². The van der Waals surface area contributed by atoms with Crippen LogP contribution in [0.2, 0.25) is 0 Å². The minimum absolute atomic E-state index is 0.0721.